The number of Topliss-reactive ketones (excluding diaryl/α,β-unsaturated/α-hetero) is 2. The number of amides is 2. The highest BCUT2D eigenvalue weighted by Gasteiger charge is 2.55. The minimum Gasteiger partial charge on any atom is -0.496 e. The van der Waals surface area contributed by atoms with Crippen LogP contribution in [0.2, 0.25) is 0 Å². The first-order chi connectivity index (χ1) is 22.1. The molecule has 0 radical (unpaired) electrons. The Kier molecular flexibility index (Phi) is 11.2. The molecule has 258 valence electrons. The Morgan fingerprint density at radius 2 is 1.72 bits per heavy atom. The summed E-state index contributed by atoms with van der Waals surface area (Å²) in [6.45, 7) is 11.5. The van der Waals surface area contributed by atoms with Crippen molar-refractivity contribution in [3.8, 4) is 5.75 Å². The SMILES string of the molecule is CCCC(CC(=O)[C@@H]1C[C@]2(CC(c3cc(C)c(OC)c(C)c3)=NO2)CN1C(=O)[C@@H](CC(=O)OC1CCCC1)C(C)(C)C)C(=O)C(N)=O. The van der Waals surface area contributed by atoms with Crippen LogP contribution in [0.4, 0.5) is 0 Å². The molecule has 1 saturated heterocycles. The van der Waals surface area contributed by atoms with Gasteiger partial charge in [-0.25, -0.2) is 0 Å². The van der Waals surface area contributed by atoms with Crippen LogP contribution in [0.25, 0.3) is 0 Å². The number of ether oxygens (including phenoxy) is 2. The molecule has 11 heteroatoms. The molecule has 1 aromatic rings. The molecule has 0 aromatic heterocycles. The first-order valence-corrected chi connectivity index (χ1v) is 16.9. The molecule has 11 nitrogen and oxygen atoms in total. The van der Waals surface area contributed by atoms with Crippen molar-refractivity contribution in [3.05, 3.63) is 28.8 Å². The van der Waals surface area contributed by atoms with E-state index in [0.717, 1.165) is 48.1 Å². The highest BCUT2D eigenvalue weighted by atomic mass is 16.7. The number of aryl methyl sites for hydroxylation is 2. The predicted molar refractivity (Wildman–Crippen MR) is 176 cm³/mol. The summed E-state index contributed by atoms with van der Waals surface area (Å²) < 4.78 is 11.3. The van der Waals surface area contributed by atoms with E-state index in [2.05, 4.69) is 5.16 Å². The van der Waals surface area contributed by atoms with Gasteiger partial charge in [0.15, 0.2) is 11.4 Å². The van der Waals surface area contributed by atoms with E-state index in [-0.39, 0.29) is 43.6 Å². The molecule has 1 aromatic carbocycles. The van der Waals surface area contributed by atoms with E-state index in [0.29, 0.717) is 25.0 Å². The van der Waals surface area contributed by atoms with Crippen LogP contribution in [0.15, 0.2) is 17.3 Å². The van der Waals surface area contributed by atoms with E-state index in [1.165, 1.54) is 4.90 Å². The molecule has 3 aliphatic rings. The number of carbonyl (C=O) groups excluding carboxylic acids is 5. The van der Waals surface area contributed by atoms with Crippen molar-refractivity contribution in [2.45, 2.75) is 123 Å². The van der Waals surface area contributed by atoms with Gasteiger partial charge in [-0.3, -0.25) is 24.0 Å². The third-order valence-corrected chi connectivity index (χ3v) is 9.90. The number of hydrogen-bond donors (Lipinski definition) is 1. The molecule has 0 bridgehead atoms. The fourth-order valence-electron chi connectivity index (χ4n) is 7.40. The Bertz CT molecular complexity index is 1400. The summed E-state index contributed by atoms with van der Waals surface area (Å²) in [6.07, 6.45) is 4.59. The molecule has 2 aliphatic heterocycles. The van der Waals surface area contributed by atoms with Crippen LogP contribution in [0, 0.1) is 31.1 Å². The average Bonchev–Trinajstić information content (AvgIpc) is 3.75. The van der Waals surface area contributed by atoms with E-state index in [1.807, 2.05) is 53.7 Å². The summed E-state index contributed by atoms with van der Waals surface area (Å²) >= 11 is 0. The van der Waals surface area contributed by atoms with Gasteiger partial charge in [-0.2, -0.15) is 0 Å². The van der Waals surface area contributed by atoms with Gasteiger partial charge >= 0.3 is 5.97 Å². The Balaban J connectivity index is 1.63. The normalized spacial score (nSPS) is 22.5. The number of esters is 1. The molecule has 4 atom stereocenters. The second-order valence-corrected chi connectivity index (χ2v) is 14.7. The topological polar surface area (TPSA) is 155 Å². The van der Waals surface area contributed by atoms with Crippen molar-refractivity contribution in [3.63, 3.8) is 0 Å². The lowest BCUT2D eigenvalue weighted by Crippen LogP contribution is -2.48. The highest BCUT2D eigenvalue weighted by Crippen LogP contribution is 2.43. The second-order valence-electron chi connectivity index (χ2n) is 14.7. The van der Waals surface area contributed by atoms with Gasteiger partial charge in [0, 0.05) is 30.7 Å². The van der Waals surface area contributed by atoms with E-state index >= 15 is 0 Å². The maximum Gasteiger partial charge on any atom is 0.306 e. The van der Waals surface area contributed by atoms with Gasteiger partial charge in [-0.15, -0.1) is 0 Å². The van der Waals surface area contributed by atoms with Crippen molar-refractivity contribution >= 4 is 35.1 Å². The van der Waals surface area contributed by atoms with Gasteiger partial charge in [0.1, 0.15) is 11.9 Å². The average molecular weight is 654 g/mol. The minimum absolute atomic E-state index is 0.0792. The third-order valence-electron chi connectivity index (χ3n) is 9.90. The molecule has 1 unspecified atom stereocenters. The van der Waals surface area contributed by atoms with Crippen LogP contribution in [0.3, 0.4) is 0 Å². The number of rotatable bonds is 13. The van der Waals surface area contributed by atoms with Crippen LogP contribution in [-0.2, 0) is 33.5 Å². The molecular weight excluding hydrogens is 602 g/mol. The van der Waals surface area contributed by atoms with Crippen LogP contribution in [-0.4, -0.2) is 71.4 Å². The van der Waals surface area contributed by atoms with E-state index in [1.54, 1.807) is 7.11 Å². The van der Waals surface area contributed by atoms with E-state index in [9.17, 15) is 24.0 Å². The summed E-state index contributed by atoms with van der Waals surface area (Å²) in [5.41, 5.74) is 7.16. The van der Waals surface area contributed by atoms with E-state index in [4.69, 9.17) is 20.0 Å². The second kappa shape index (κ2) is 14.6. The zero-order valence-corrected chi connectivity index (χ0v) is 29.0. The van der Waals surface area contributed by atoms with Gasteiger partial charge in [-0.1, -0.05) is 39.3 Å². The van der Waals surface area contributed by atoms with Gasteiger partial charge in [0.25, 0.3) is 5.91 Å². The standard InChI is InChI=1S/C36H51N3O8/c1-8-11-23(31(42)33(37)43)16-29(40)28-19-36(18-27(38-47-36)24-14-21(2)32(45-7)22(3)15-24)20-39(28)34(44)26(35(4,5)6)17-30(41)46-25-12-9-10-13-25/h14-15,23,25-26,28H,8-13,16-20H2,1-7H3,(H2,37,43)/t23?,26-,28+,36-/m1/s1. The summed E-state index contributed by atoms with van der Waals surface area (Å²) in [4.78, 5) is 73.7. The van der Waals surface area contributed by atoms with Gasteiger partial charge < -0.3 is 24.9 Å². The number of benzene rings is 1. The van der Waals surface area contributed by atoms with Crippen LogP contribution < -0.4 is 10.5 Å². The number of oxime groups is 1. The van der Waals surface area contributed by atoms with Crippen LogP contribution in [0.1, 0.15) is 109 Å². The summed E-state index contributed by atoms with van der Waals surface area (Å²) in [5.74, 6) is -3.85. The number of ketones is 2. The lowest BCUT2D eigenvalue weighted by molar-refractivity contribution is -0.156. The van der Waals surface area contributed by atoms with Crippen molar-refractivity contribution < 1.29 is 38.3 Å². The van der Waals surface area contributed by atoms with Crippen molar-refractivity contribution in [2.75, 3.05) is 13.7 Å². The number of hydrogen-bond acceptors (Lipinski definition) is 9. The Labute approximate surface area is 277 Å². The fraction of sp³-hybridized carbons (Fsp3) is 0.667. The Morgan fingerprint density at radius 3 is 2.28 bits per heavy atom. The summed E-state index contributed by atoms with van der Waals surface area (Å²) in [7, 11) is 1.63. The van der Waals surface area contributed by atoms with Gasteiger partial charge in [-0.05, 0) is 74.6 Å². The first kappa shape index (κ1) is 36.1. The zero-order valence-electron chi connectivity index (χ0n) is 29.0. The maximum atomic E-state index is 14.5. The molecule has 47 heavy (non-hydrogen) atoms. The largest absolute Gasteiger partial charge is 0.496 e. The number of primary amides is 1. The number of likely N-dealkylation sites (tertiary alicyclic amines) is 1. The number of carbonyl (C=O) groups is 5. The van der Waals surface area contributed by atoms with Crippen molar-refractivity contribution in [1.82, 2.24) is 4.90 Å². The molecule has 2 N–H and O–H groups in total. The third kappa shape index (κ3) is 8.22. The summed E-state index contributed by atoms with van der Waals surface area (Å²) in [6, 6.07) is 3.01. The minimum atomic E-state index is -1.08. The first-order valence-electron chi connectivity index (χ1n) is 16.9. The lowest BCUT2D eigenvalue weighted by atomic mass is 9.77. The molecular formula is C36H51N3O8. The number of nitrogens with zero attached hydrogens (tertiary/aromatic N) is 2. The van der Waals surface area contributed by atoms with Crippen molar-refractivity contribution in [2.24, 2.45) is 28.1 Å². The maximum absolute atomic E-state index is 14.5. The highest BCUT2D eigenvalue weighted by molar-refractivity contribution is 6.36. The summed E-state index contributed by atoms with van der Waals surface area (Å²) in [5, 5.41) is 4.44. The number of methoxy groups -OCH3 is 1. The van der Waals surface area contributed by atoms with E-state index < -0.39 is 46.6 Å². The number of nitrogens with two attached hydrogens (primary N) is 1. The molecule has 2 heterocycles. The van der Waals surface area contributed by atoms with Gasteiger partial charge in [0.2, 0.25) is 11.7 Å². The monoisotopic (exact) mass is 653 g/mol. The molecule has 1 saturated carbocycles. The molecule has 1 spiro atoms. The smallest absolute Gasteiger partial charge is 0.306 e. The predicted octanol–water partition coefficient (Wildman–Crippen LogP) is 4.74. The van der Waals surface area contributed by atoms with Gasteiger partial charge in [0.05, 0.1) is 37.7 Å². The molecule has 4 rings (SSSR count). The van der Waals surface area contributed by atoms with Crippen molar-refractivity contribution in [1.29, 1.82) is 0 Å². The zero-order chi connectivity index (χ0) is 34.7. The molecule has 2 amide bonds. The molecule has 2 fully saturated rings. The Hall–Kier alpha value is -3.76. The lowest BCUT2D eigenvalue weighted by Gasteiger charge is -2.35. The fourth-order valence-corrected chi connectivity index (χ4v) is 7.40. The quantitative estimate of drug-likeness (QED) is 0.236. The van der Waals surface area contributed by atoms with Crippen LogP contribution >= 0.6 is 0 Å². The Morgan fingerprint density at radius 1 is 1.09 bits per heavy atom. The van der Waals surface area contributed by atoms with Crippen LogP contribution in [0.5, 0.6) is 5.75 Å². The molecule has 1 aliphatic carbocycles.